The van der Waals surface area contributed by atoms with Crippen LogP contribution in [0.5, 0.6) is 5.88 Å². The summed E-state index contributed by atoms with van der Waals surface area (Å²) in [5.74, 6) is 2.37. The fraction of sp³-hybridized carbons (Fsp3) is 0.438. The number of aromatic nitrogens is 3. The van der Waals surface area contributed by atoms with Gasteiger partial charge in [0, 0.05) is 37.4 Å². The molecule has 3 rings (SSSR count). The highest BCUT2D eigenvalue weighted by atomic mass is 32.2. The minimum atomic E-state index is -0.135. The van der Waals surface area contributed by atoms with Gasteiger partial charge in [-0.3, -0.25) is 4.79 Å². The summed E-state index contributed by atoms with van der Waals surface area (Å²) in [4.78, 5) is 20.6. The predicted octanol–water partition coefficient (Wildman–Crippen LogP) is 1.98. The van der Waals surface area contributed by atoms with Crippen LogP contribution in [0.3, 0.4) is 0 Å². The summed E-state index contributed by atoms with van der Waals surface area (Å²) in [6.45, 7) is 1.43. The molecule has 1 atom stereocenters. The van der Waals surface area contributed by atoms with Gasteiger partial charge in [-0.2, -0.15) is 11.8 Å². The van der Waals surface area contributed by atoms with Crippen molar-refractivity contribution in [2.45, 2.75) is 25.5 Å². The molecule has 1 fully saturated rings. The van der Waals surface area contributed by atoms with Gasteiger partial charge in [0.15, 0.2) is 0 Å². The first-order chi connectivity index (χ1) is 11.3. The Hall–Kier alpha value is -2.02. The molecule has 0 bridgehead atoms. The highest BCUT2D eigenvalue weighted by molar-refractivity contribution is 7.99. The van der Waals surface area contributed by atoms with E-state index in [9.17, 15) is 4.79 Å². The Morgan fingerprint density at radius 1 is 1.48 bits per heavy atom. The third kappa shape index (κ3) is 4.48. The third-order valence-electron chi connectivity index (χ3n) is 3.62. The molecule has 1 aliphatic heterocycles. The molecular weight excluding hydrogens is 312 g/mol. The van der Waals surface area contributed by atoms with Gasteiger partial charge in [0.2, 0.25) is 5.88 Å². The van der Waals surface area contributed by atoms with Crippen molar-refractivity contribution in [2.75, 3.05) is 18.1 Å². The number of aryl methyl sites for hydroxylation is 1. The first-order valence-corrected chi connectivity index (χ1v) is 8.92. The minimum Gasteiger partial charge on any atom is -0.473 e. The molecular formula is C16H20N4O2S. The van der Waals surface area contributed by atoms with Gasteiger partial charge in [0.05, 0.1) is 6.33 Å². The maximum Gasteiger partial charge on any atom is 0.256 e. The largest absolute Gasteiger partial charge is 0.473 e. The normalized spacial score (nSPS) is 17.1. The number of pyridine rings is 1. The summed E-state index contributed by atoms with van der Waals surface area (Å²) in [5.41, 5.74) is 0.507. The molecule has 2 aromatic heterocycles. The molecule has 1 N–H and O–H groups in total. The summed E-state index contributed by atoms with van der Waals surface area (Å²) in [5, 5.41) is 2.93. The summed E-state index contributed by atoms with van der Waals surface area (Å²) >= 11 is 1.87. The second-order valence-corrected chi connectivity index (χ2v) is 6.52. The minimum absolute atomic E-state index is 0.135. The average Bonchev–Trinajstić information content (AvgIpc) is 3.25. The lowest BCUT2D eigenvalue weighted by molar-refractivity contribution is 0.0945. The predicted molar refractivity (Wildman–Crippen MR) is 89.8 cm³/mol. The number of amides is 1. The van der Waals surface area contributed by atoms with Crippen LogP contribution in [0.1, 0.15) is 23.2 Å². The van der Waals surface area contributed by atoms with Gasteiger partial charge in [0.25, 0.3) is 5.91 Å². The molecule has 0 radical (unpaired) electrons. The van der Waals surface area contributed by atoms with E-state index < -0.39 is 0 Å². The van der Waals surface area contributed by atoms with Gasteiger partial charge in [-0.25, -0.2) is 9.97 Å². The van der Waals surface area contributed by atoms with Gasteiger partial charge in [-0.15, -0.1) is 0 Å². The Morgan fingerprint density at radius 2 is 2.43 bits per heavy atom. The summed E-state index contributed by atoms with van der Waals surface area (Å²) in [6, 6.07) is 3.52. The van der Waals surface area contributed by atoms with Crippen LogP contribution in [-0.4, -0.2) is 44.6 Å². The number of hydrogen-bond donors (Lipinski definition) is 1. The van der Waals surface area contributed by atoms with Crippen LogP contribution in [0.25, 0.3) is 0 Å². The van der Waals surface area contributed by atoms with Crippen molar-refractivity contribution in [3.8, 4) is 5.88 Å². The molecule has 122 valence electrons. The number of thioether (sulfide) groups is 1. The zero-order valence-corrected chi connectivity index (χ0v) is 13.7. The maximum absolute atomic E-state index is 12.3. The van der Waals surface area contributed by atoms with E-state index in [1.807, 2.05) is 22.5 Å². The molecule has 1 saturated heterocycles. The van der Waals surface area contributed by atoms with Crippen LogP contribution in [0.15, 0.2) is 37.1 Å². The van der Waals surface area contributed by atoms with Crippen molar-refractivity contribution < 1.29 is 9.53 Å². The maximum atomic E-state index is 12.3. The van der Waals surface area contributed by atoms with Gasteiger partial charge in [-0.05, 0) is 30.7 Å². The van der Waals surface area contributed by atoms with Crippen LogP contribution in [0, 0.1) is 0 Å². The number of nitrogens with zero attached hydrogens (tertiary/aromatic N) is 3. The van der Waals surface area contributed by atoms with Crippen molar-refractivity contribution in [1.82, 2.24) is 19.9 Å². The first kappa shape index (κ1) is 15.9. The van der Waals surface area contributed by atoms with Gasteiger partial charge in [-0.1, -0.05) is 0 Å². The van der Waals surface area contributed by atoms with Crippen molar-refractivity contribution in [2.24, 2.45) is 0 Å². The van der Waals surface area contributed by atoms with Gasteiger partial charge >= 0.3 is 0 Å². The van der Waals surface area contributed by atoms with Crippen LogP contribution in [-0.2, 0) is 6.54 Å². The molecule has 23 heavy (non-hydrogen) atoms. The smallest absolute Gasteiger partial charge is 0.256 e. The van der Waals surface area contributed by atoms with E-state index in [1.54, 1.807) is 30.9 Å². The second kappa shape index (κ2) is 8.01. The van der Waals surface area contributed by atoms with Crippen molar-refractivity contribution in [1.29, 1.82) is 0 Å². The van der Waals surface area contributed by atoms with E-state index >= 15 is 0 Å². The Balaban J connectivity index is 1.51. The van der Waals surface area contributed by atoms with E-state index in [0.717, 1.165) is 30.9 Å². The fourth-order valence-electron chi connectivity index (χ4n) is 2.40. The monoisotopic (exact) mass is 332 g/mol. The number of imidazole rings is 1. The second-order valence-electron chi connectivity index (χ2n) is 5.37. The lowest BCUT2D eigenvalue weighted by Crippen LogP contribution is -2.27. The van der Waals surface area contributed by atoms with Crippen LogP contribution < -0.4 is 10.1 Å². The van der Waals surface area contributed by atoms with Crippen molar-refractivity contribution >= 4 is 17.7 Å². The fourth-order valence-corrected chi connectivity index (χ4v) is 3.49. The number of hydrogen-bond acceptors (Lipinski definition) is 5. The van der Waals surface area contributed by atoms with Crippen LogP contribution in [0.4, 0.5) is 0 Å². The molecule has 7 heteroatoms. The highest BCUT2D eigenvalue weighted by Gasteiger charge is 2.21. The topological polar surface area (TPSA) is 69.0 Å². The Labute approximate surface area is 139 Å². The zero-order chi connectivity index (χ0) is 15.9. The number of carbonyl (C=O) groups excluding carboxylic acids is 1. The first-order valence-electron chi connectivity index (χ1n) is 7.76. The number of rotatable bonds is 7. The van der Waals surface area contributed by atoms with Crippen molar-refractivity contribution in [3.05, 3.63) is 42.6 Å². The SMILES string of the molecule is O=C(NCCCn1ccnc1)c1cccnc1OC1CCSC1. The molecule has 1 amide bonds. The molecule has 2 aromatic rings. The highest BCUT2D eigenvalue weighted by Crippen LogP contribution is 2.24. The van der Waals surface area contributed by atoms with Crippen LogP contribution >= 0.6 is 11.8 Å². The van der Waals surface area contributed by atoms with Gasteiger partial charge < -0.3 is 14.6 Å². The summed E-state index contributed by atoms with van der Waals surface area (Å²) in [7, 11) is 0. The molecule has 0 saturated carbocycles. The van der Waals surface area contributed by atoms with E-state index in [1.165, 1.54) is 0 Å². The molecule has 1 aliphatic rings. The standard InChI is InChI=1S/C16H20N4O2S/c21-15(18-6-2-8-20-9-7-17-12-20)14-3-1-5-19-16(14)22-13-4-10-23-11-13/h1,3,5,7,9,12-13H,2,4,6,8,10-11H2,(H,18,21). The Kier molecular flexibility index (Phi) is 5.52. The Morgan fingerprint density at radius 3 is 3.22 bits per heavy atom. The zero-order valence-electron chi connectivity index (χ0n) is 12.9. The Bertz CT molecular complexity index is 627. The van der Waals surface area contributed by atoms with E-state index in [-0.39, 0.29) is 12.0 Å². The van der Waals surface area contributed by atoms with Crippen LogP contribution in [0.2, 0.25) is 0 Å². The van der Waals surface area contributed by atoms with E-state index in [4.69, 9.17) is 4.74 Å². The molecule has 0 aliphatic carbocycles. The average molecular weight is 332 g/mol. The third-order valence-corrected chi connectivity index (χ3v) is 4.75. The number of nitrogens with one attached hydrogen (secondary N) is 1. The molecule has 3 heterocycles. The molecule has 0 aromatic carbocycles. The summed E-state index contributed by atoms with van der Waals surface area (Å²) in [6.07, 6.45) is 9.10. The molecule has 0 spiro atoms. The van der Waals surface area contributed by atoms with E-state index in [0.29, 0.717) is 18.0 Å². The van der Waals surface area contributed by atoms with Crippen molar-refractivity contribution in [3.63, 3.8) is 0 Å². The molecule has 1 unspecified atom stereocenters. The summed E-state index contributed by atoms with van der Waals surface area (Å²) < 4.78 is 7.88. The number of ether oxygens (including phenoxy) is 1. The quantitative estimate of drug-likeness (QED) is 0.785. The lowest BCUT2D eigenvalue weighted by Gasteiger charge is -2.14. The molecule has 6 nitrogen and oxygen atoms in total. The lowest BCUT2D eigenvalue weighted by atomic mass is 10.2. The van der Waals surface area contributed by atoms with E-state index in [2.05, 4.69) is 15.3 Å². The number of carbonyl (C=O) groups is 1. The van der Waals surface area contributed by atoms with Gasteiger partial charge in [0.1, 0.15) is 11.7 Å².